The SMILES string of the molecule is CC(=O)O.CC(NC(=O)OC(C)(C)C)C(CN)C(=O)O. The number of hydrogen-bond donors (Lipinski definition) is 4. The van der Waals surface area contributed by atoms with E-state index in [0.717, 1.165) is 6.92 Å². The maximum Gasteiger partial charge on any atom is 0.407 e. The van der Waals surface area contributed by atoms with Crippen molar-refractivity contribution < 1.29 is 29.3 Å². The van der Waals surface area contributed by atoms with Gasteiger partial charge in [-0.3, -0.25) is 9.59 Å². The quantitative estimate of drug-likeness (QED) is 0.596. The average Bonchev–Trinajstić information content (AvgIpc) is 2.12. The summed E-state index contributed by atoms with van der Waals surface area (Å²) in [5.41, 5.74) is 4.70. The second-order valence-corrected chi connectivity index (χ2v) is 5.13. The van der Waals surface area contributed by atoms with Crippen molar-refractivity contribution in [2.75, 3.05) is 6.54 Å². The Kier molecular flexibility index (Phi) is 9.36. The van der Waals surface area contributed by atoms with Crippen LogP contribution < -0.4 is 11.1 Å². The number of hydrogen-bond acceptors (Lipinski definition) is 5. The number of rotatable bonds is 4. The third-order valence-corrected chi connectivity index (χ3v) is 1.92. The van der Waals surface area contributed by atoms with Crippen molar-refractivity contribution in [2.45, 2.75) is 46.3 Å². The Bertz CT molecular complexity index is 333. The van der Waals surface area contributed by atoms with Gasteiger partial charge in [0.15, 0.2) is 0 Å². The van der Waals surface area contributed by atoms with E-state index in [4.69, 9.17) is 25.5 Å². The van der Waals surface area contributed by atoms with Gasteiger partial charge in [-0.15, -0.1) is 0 Å². The van der Waals surface area contributed by atoms with E-state index in [-0.39, 0.29) is 6.54 Å². The first-order valence-electron chi connectivity index (χ1n) is 6.02. The number of nitrogens with two attached hydrogens (primary N) is 1. The molecule has 0 aliphatic carbocycles. The molecule has 20 heavy (non-hydrogen) atoms. The number of ether oxygens (including phenoxy) is 1. The third kappa shape index (κ3) is 12.6. The van der Waals surface area contributed by atoms with Crippen LogP contribution >= 0.6 is 0 Å². The normalized spacial score (nSPS) is 13.3. The molecule has 0 aliphatic rings. The fourth-order valence-corrected chi connectivity index (χ4v) is 1.11. The Labute approximate surface area is 118 Å². The van der Waals surface area contributed by atoms with Crippen LogP contribution in [0.15, 0.2) is 0 Å². The van der Waals surface area contributed by atoms with Crippen LogP contribution in [-0.4, -0.2) is 46.4 Å². The van der Waals surface area contributed by atoms with Crippen molar-refractivity contribution in [3.05, 3.63) is 0 Å². The summed E-state index contributed by atoms with van der Waals surface area (Å²) in [7, 11) is 0. The van der Waals surface area contributed by atoms with Crippen LogP contribution in [0, 0.1) is 5.92 Å². The van der Waals surface area contributed by atoms with Gasteiger partial charge in [0.05, 0.1) is 5.92 Å². The molecule has 5 N–H and O–H groups in total. The van der Waals surface area contributed by atoms with E-state index in [1.54, 1.807) is 27.7 Å². The summed E-state index contributed by atoms with van der Waals surface area (Å²) in [4.78, 5) is 31.1. The zero-order valence-electron chi connectivity index (χ0n) is 12.5. The first-order chi connectivity index (χ1) is 8.90. The monoisotopic (exact) mass is 292 g/mol. The van der Waals surface area contributed by atoms with Crippen LogP contribution in [0.3, 0.4) is 0 Å². The van der Waals surface area contributed by atoms with Crippen LogP contribution in [0.4, 0.5) is 4.79 Å². The van der Waals surface area contributed by atoms with Gasteiger partial charge >= 0.3 is 12.1 Å². The van der Waals surface area contributed by atoms with Gasteiger partial charge in [0, 0.05) is 19.5 Å². The van der Waals surface area contributed by atoms with Crippen LogP contribution in [0.1, 0.15) is 34.6 Å². The molecule has 2 atom stereocenters. The van der Waals surface area contributed by atoms with Crippen LogP contribution in [0.25, 0.3) is 0 Å². The lowest BCUT2D eigenvalue weighted by molar-refractivity contribution is -0.142. The lowest BCUT2D eigenvalue weighted by Crippen LogP contribution is -2.46. The van der Waals surface area contributed by atoms with Gasteiger partial charge in [-0.2, -0.15) is 0 Å². The van der Waals surface area contributed by atoms with E-state index in [1.807, 2.05) is 0 Å². The number of amides is 1. The topological polar surface area (TPSA) is 139 Å². The molecule has 0 aromatic rings. The predicted octanol–water partition coefficient (Wildman–Crippen LogP) is 0.650. The van der Waals surface area contributed by atoms with E-state index in [0.29, 0.717) is 0 Å². The van der Waals surface area contributed by atoms with Gasteiger partial charge in [-0.1, -0.05) is 0 Å². The maximum atomic E-state index is 11.3. The van der Waals surface area contributed by atoms with Gasteiger partial charge in [0.25, 0.3) is 5.97 Å². The second-order valence-electron chi connectivity index (χ2n) is 5.13. The second kappa shape index (κ2) is 9.13. The molecule has 0 radical (unpaired) electrons. The van der Waals surface area contributed by atoms with Crippen molar-refractivity contribution in [3.8, 4) is 0 Å². The molecule has 0 spiro atoms. The molecule has 8 nitrogen and oxygen atoms in total. The summed E-state index contributed by atoms with van der Waals surface area (Å²) in [6, 6.07) is -0.572. The predicted molar refractivity (Wildman–Crippen MR) is 72.3 cm³/mol. The number of nitrogens with one attached hydrogen (secondary N) is 1. The fourth-order valence-electron chi connectivity index (χ4n) is 1.11. The van der Waals surface area contributed by atoms with Crippen molar-refractivity contribution in [1.29, 1.82) is 0 Å². The minimum Gasteiger partial charge on any atom is -0.481 e. The molecule has 0 heterocycles. The number of carbonyl (C=O) groups excluding carboxylic acids is 1. The van der Waals surface area contributed by atoms with Gasteiger partial charge in [0.1, 0.15) is 5.60 Å². The van der Waals surface area contributed by atoms with Crippen molar-refractivity contribution in [2.24, 2.45) is 11.7 Å². The molecule has 0 aromatic heterocycles. The minimum absolute atomic E-state index is 0.0354. The molecule has 0 aromatic carbocycles. The highest BCUT2D eigenvalue weighted by Crippen LogP contribution is 2.08. The fraction of sp³-hybridized carbons (Fsp3) is 0.750. The molecular weight excluding hydrogens is 268 g/mol. The highest BCUT2D eigenvalue weighted by molar-refractivity contribution is 5.73. The Morgan fingerprint density at radius 3 is 1.90 bits per heavy atom. The van der Waals surface area contributed by atoms with Gasteiger partial charge in [-0.25, -0.2) is 4.79 Å². The van der Waals surface area contributed by atoms with Crippen LogP contribution in [-0.2, 0) is 14.3 Å². The molecule has 1 amide bonds. The zero-order valence-corrected chi connectivity index (χ0v) is 12.5. The Balaban J connectivity index is 0. The molecule has 0 fully saturated rings. The van der Waals surface area contributed by atoms with E-state index in [1.165, 1.54) is 0 Å². The molecule has 0 bridgehead atoms. The molecule has 0 saturated heterocycles. The Morgan fingerprint density at radius 1 is 1.25 bits per heavy atom. The van der Waals surface area contributed by atoms with Crippen LogP contribution in [0.5, 0.6) is 0 Å². The highest BCUT2D eigenvalue weighted by atomic mass is 16.6. The summed E-state index contributed by atoms with van der Waals surface area (Å²) in [6.07, 6.45) is -0.639. The Morgan fingerprint density at radius 2 is 1.65 bits per heavy atom. The van der Waals surface area contributed by atoms with Crippen LogP contribution in [0.2, 0.25) is 0 Å². The minimum atomic E-state index is -1.04. The summed E-state index contributed by atoms with van der Waals surface area (Å²) >= 11 is 0. The summed E-state index contributed by atoms with van der Waals surface area (Å²) in [5.74, 6) is -2.68. The van der Waals surface area contributed by atoms with Crippen molar-refractivity contribution in [3.63, 3.8) is 0 Å². The van der Waals surface area contributed by atoms with Gasteiger partial charge < -0.3 is 26.0 Å². The smallest absolute Gasteiger partial charge is 0.407 e. The van der Waals surface area contributed by atoms with Crippen molar-refractivity contribution in [1.82, 2.24) is 5.32 Å². The van der Waals surface area contributed by atoms with E-state index < -0.39 is 35.6 Å². The molecule has 0 saturated carbocycles. The average molecular weight is 292 g/mol. The summed E-state index contributed by atoms with van der Waals surface area (Å²) in [5, 5.41) is 18.7. The van der Waals surface area contributed by atoms with E-state index in [9.17, 15) is 9.59 Å². The number of carboxylic acids is 2. The van der Waals surface area contributed by atoms with E-state index >= 15 is 0 Å². The standard InChI is InChI=1S/C10H20N2O4.C2H4O2/c1-6(7(5-11)8(13)14)12-9(15)16-10(2,3)4;1-2(3)4/h6-7H,5,11H2,1-4H3,(H,12,15)(H,13,14);1H3,(H,3,4). The van der Waals surface area contributed by atoms with Gasteiger partial charge in [0.2, 0.25) is 0 Å². The van der Waals surface area contributed by atoms with Crippen molar-refractivity contribution >= 4 is 18.0 Å². The number of carboxylic acid groups (broad SMARTS) is 2. The highest BCUT2D eigenvalue weighted by Gasteiger charge is 2.26. The summed E-state index contributed by atoms with van der Waals surface area (Å²) < 4.78 is 5.00. The maximum absolute atomic E-state index is 11.3. The lowest BCUT2D eigenvalue weighted by atomic mass is 10.0. The molecular formula is C12H24N2O6. The molecule has 0 rings (SSSR count). The summed E-state index contributed by atoms with van der Waals surface area (Å²) in [6.45, 7) is 7.82. The third-order valence-electron chi connectivity index (χ3n) is 1.92. The largest absolute Gasteiger partial charge is 0.481 e. The molecule has 2 unspecified atom stereocenters. The Hall–Kier alpha value is -1.83. The number of carbonyl (C=O) groups is 3. The molecule has 0 aliphatic heterocycles. The first-order valence-corrected chi connectivity index (χ1v) is 6.02. The number of aliphatic carboxylic acids is 2. The first kappa shape index (κ1) is 20.5. The van der Waals surface area contributed by atoms with E-state index in [2.05, 4.69) is 5.32 Å². The van der Waals surface area contributed by atoms with Gasteiger partial charge in [-0.05, 0) is 27.7 Å². The molecule has 8 heteroatoms. The molecule has 118 valence electrons. The zero-order chi connectivity index (χ0) is 16.5. The lowest BCUT2D eigenvalue weighted by Gasteiger charge is -2.24. The number of alkyl carbamates (subject to hydrolysis) is 1.